The lowest BCUT2D eigenvalue weighted by Crippen LogP contribution is -2.49. The summed E-state index contributed by atoms with van der Waals surface area (Å²) in [7, 11) is 1.39. The van der Waals surface area contributed by atoms with Crippen molar-refractivity contribution in [1.82, 2.24) is 9.80 Å². The molecule has 0 aromatic heterocycles. The van der Waals surface area contributed by atoms with Crippen LogP contribution in [-0.4, -0.2) is 60.8 Å². The third-order valence-corrected chi connectivity index (χ3v) is 3.84. The largest absolute Gasteiger partial charge is 0.465 e. The van der Waals surface area contributed by atoms with E-state index >= 15 is 0 Å². The first kappa shape index (κ1) is 18.3. The van der Waals surface area contributed by atoms with Crippen LogP contribution in [0.25, 0.3) is 0 Å². The molecule has 0 saturated carbocycles. The van der Waals surface area contributed by atoms with Gasteiger partial charge in [-0.05, 0) is 32.4 Å². The van der Waals surface area contributed by atoms with Gasteiger partial charge in [-0.25, -0.2) is 9.59 Å². The quantitative estimate of drug-likeness (QED) is 0.795. The topological polar surface area (TPSA) is 59.1 Å². The number of nitrogens with zero attached hydrogens (tertiary/aromatic N) is 2. The molecule has 0 bridgehead atoms. The summed E-state index contributed by atoms with van der Waals surface area (Å²) in [4.78, 5) is 27.9. The molecule has 1 aliphatic heterocycles. The van der Waals surface area contributed by atoms with Crippen LogP contribution < -0.4 is 0 Å². The van der Waals surface area contributed by atoms with Crippen LogP contribution in [0.15, 0.2) is 24.3 Å². The summed E-state index contributed by atoms with van der Waals surface area (Å²) in [6, 6.07) is 7.46. The first-order valence-electron chi connectivity index (χ1n) is 8.16. The van der Waals surface area contributed by atoms with Gasteiger partial charge in [-0.1, -0.05) is 18.2 Å². The van der Waals surface area contributed by atoms with Gasteiger partial charge in [0.15, 0.2) is 0 Å². The van der Waals surface area contributed by atoms with E-state index in [1.165, 1.54) is 7.11 Å². The highest BCUT2D eigenvalue weighted by Gasteiger charge is 2.26. The van der Waals surface area contributed by atoms with Crippen molar-refractivity contribution in [2.75, 3.05) is 33.3 Å². The van der Waals surface area contributed by atoms with Crippen LogP contribution in [0.1, 0.15) is 36.7 Å². The van der Waals surface area contributed by atoms with Crippen molar-refractivity contribution in [3.63, 3.8) is 0 Å². The third-order valence-electron chi connectivity index (χ3n) is 3.84. The van der Waals surface area contributed by atoms with E-state index < -0.39 is 5.60 Å². The summed E-state index contributed by atoms with van der Waals surface area (Å²) in [5.41, 5.74) is 1.05. The number of amides is 1. The molecule has 1 aliphatic rings. The van der Waals surface area contributed by atoms with Gasteiger partial charge in [0.25, 0.3) is 0 Å². The SMILES string of the molecule is COC(=O)c1ccccc1CN1CCN(C(=O)OC(C)(C)C)CC1. The Balaban J connectivity index is 1.92. The fourth-order valence-electron chi connectivity index (χ4n) is 2.62. The number of carbonyl (C=O) groups excluding carboxylic acids is 2. The summed E-state index contributed by atoms with van der Waals surface area (Å²) < 4.78 is 10.2. The molecule has 0 aliphatic carbocycles. The van der Waals surface area contributed by atoms with Gasteiger partial charge in [0, 0.05) is 32.7 Å². The standard InChI is InChI=1S/C18H26N2O4/c1-18(2,3)24-17(22)20-11-9-19(10-12-20)13-14-7-5-6-8-15(14)16(21)23-4/h5-8H,9-13H2,1-4H3. The van der Waals surface area contributed by atoms with E-state index in [1.54, 1.807) is 11.0 Å². The second-order valence-corrected chi connectivity index (χ2v) is 6.89. The van der Waals surface area contributed by atoms with Gasteiger partial charge in [-0.2, -0.15) is 0 Å². The average Bonchev–Trinajstić information content (AvgIpc) is 2.53. The fraction of sp³-hybridized carbons (Fsp3) is 0.556. The van der Waals surface area contributed by atoms with Crippen LogP contribution in [0.5, 0.6) is 0 Å². The zero-order valence-electron chi connectivity index (χ0n) is 14.9. The van der Waals surface area contributed by atoms with Gasteiger partial charge in [0.1, 0.15) is 5.60 Å². The number of esters is 1. The van der Waals surface area contributed by atoms with Crippen molar-refractivity contribution < 1.29 is 19.1 Å². The summed E-state index contributed by atoms with van der Waals surface area (Å²) in [6.45, 7) is 8.99. The molecule has 24 heavy (non-hydrogen) atoms. The third kappa shape index (κ3) is 4.96. The highest BCUT2D eigenvalue weighted by molar-refractivity contribution is 5.90. The molecule has 1 aromatic rings. The highest BCUT2D eigenvalue weighted by atomic mass is 16.6. The molecule has 6 heteroatoms. The molecule has 1 amide bonds. The summed E-state index contributed by atoms with van der Waals surface area (Å²) >= 11 is 0. The van der Waals surface area contributed by atoms with Crippen molar-refractivity contribution >= 4 is 12.1 Å². The first-order chi connectivity index (χ1) is 11.3. The molecular weight excluding hydrogens is 308 g/mol. The molecule has 0 radical (unpaired) electrons. The van der Waals surface area contributed by atoms with Crippen LogP contribution in [0, 0.1) is 0 Å². The fourth-order valence-corrected chi connectivity index (χ4v) is 2.62. The van der Waals surface area contributed by atoms with Gasteiger partial charge < -0.3 is 14.4 Å². The molecule has 132 valence electrons. The van der Waals surface area contributed by atoms with Gasteiger partial charge in [0.05, 0.1) is 12.7 Å². The van der Waals surface area contributed by atoms with Crippen LogP contribution in [-0.2, 0) is 16.0 Å². The molecule has 1 aromatic carbocycles. The van der Waals surface area contributed by atoms with Crippen LogP contribution in [0.3, 0.4) is 0 Å². The minimum atomic E-state index is -0.479. The Morgan fingerprint density at radius 3 is 2.29 bits per heavy atom. The predicted octanol–water partition coefficient (Wildman–Crippen LogP) is 2.53. The lowest BCUT2D eigenvalue weighted by atomic mass is 10.1. The Morgan fingerprint density at radius 1 is 1.08 bits per heavy atom. The van der Waals surface area contributed by atoms with E-state index in [1.807, 2.05) is 39.0 Å². The number of hydrogen-bond acceptors (Lipinski definition) is 5. The highest BCUT2D eigenvalue weighted by Crippen LogP contribution is 2.16. The minimum Gasteiger partial charge on any atom is -0.465 e. The molecule has 1 saturated heterocycles. The Morgan fingerprint density at radius 2 is 1.71 bits per heavy atom. The molecule has 0 N–H and O–H groups in total. The Hall–Kier alpha value is -2.08. The maximum absolute atomic E-state index is 12.1. The van der Waals surface area contributed by atoms with Crippen molar-refractivity contribution in [1.29, 1.82) is 0 Å². The molecule has 6 nitrogen and oxygen atoms in total. The number of rotatable bonds is 3. The van der Waals surface area contributed by atoms with Crippen LogP contribution in [0.4, 0.5) is 4.79 Å². The Kier molecular flexibility index (Phi) is 5.83. The molecule has 0 atom stereocenters. The number of hydrogen-bond donors (Lipinski definition) is 0. The molecule has 1 heterocycles. The first-order valence-corrected chi connectivity index (χ1v) is 8.16. The number of ether oxygens (including phenoxy) is 2. The molecular formula is C18H26N2O4. The lowest BCUT2D eigenvalue weighted by Gasteiger charge is -2.35. The zero-order chi connectivity index (χ0) is 17.7. The van der Waals surface area contributed by atoms with Crippen molar-refractivity contribution in [3.8, 4) is 0 Å². The summed E-state index contributed by atoms with van der Waals surface area (Å²) in [5, 5.41) is 0. The van der Waals surface area contributed by atoms with E-state index in [0.29, 0.717) is 25.2 Å². The monoisotopic (exact) mass is 334 g/mol. The summed E-state index contributed by atoms with van der Waals surface area (Å²) in [6.07, 6.45) is -0.267. The molecule has 0 unspecified atom stereocenters. The Labute approximate surface area is 143 Å². The van der Waals surface area contributed by atoms with Crippen LogP contribution >= 0.6 is 0 Å². The second kappa shape index (κ2) is 7.66. The number of methoxy groups -OCH3 is 1. The smallest absolute Gasteiger partial charge is 0.410 e. The van der Waals surface area contributed by atoms with Crippen molar-refractivity contribution in [2.45, 2.75) is 32.9 Å². The molecule has 2 rings (SSSR count). The average molecular weight is 334 g/mol. The van der Waals surface area contributed by atoms with Crippen LogP contribution in [0.2, 0.25) is 0 Å². The van der Waals surface area contributed by atoms with E-state index in [9.17, 15) is 9.59 Å². The molecule has 0 spiro atoms. The number of piperazine rings is 1. The van der Waals surface area contributed by atoms with E-state index in [2.05, 4.69) is 4.90 Å². The maximum Gasteiger partial charge on any atom is 0.410 e. The Bertz CT molecular complexity index is 587. The van der Waals surface area contributed by atoms with Gasteiger partial charge in [0.2, 0.25) is 0 Å². The van der Waals surface area contributed by atoms with Gasteiger partial charge in [-0.3, -0.25) is 4.90 Å². The number of carbonyl (C=O) groups is 2. The lowest BCUT2D eigenvalue weighted by molar-refractivity contribution is 0.0139. The van der Waals surface area contributed by atoms with E-state index in [4.69, 9.17) is 9.47 Å². The predicted molar refractivity (Wildman–Crippen MR) is 90.9 cm³/mol. The van der Waals surface area contributed by atoms with Gasteiger partial charge in [-0.15, -0.1) is 0 Å². The van der Waals surface area contributed by atoms with Crippen molar-refractivity contribution in [3.05, 3.63) is 35.4 Å². The van der Waals surface area contributed by atoms with Crippen molar-refractivity contribution in [2.24, 2.45) is 0 Å². The number of benzene rings is 1. The molecule has 1 fully saturated rings. The summed E-state index contributed by atoms with van der Waals surface area (Å²) in [5.74, 6) is -0.321. The van der Waals surface area contributed by atoms with E-state index in [0.717, 1.165) is 18.7 Å². The van der Waals surface area contributed by atoms with E-state index in [-0.39, 0.29) is 12.1 Å². The maximum atomic E-state index is 12.1. The zero-order valence-corrected chi connectivity index (χ0v) is 14.9. The van der Waals surface area contributed by atoms with Gasteiger partial charge >= 0.3 is 12.1 Å². The second-order valence-electron chi connectivity index (χ2n) is 6.89. The normalized spacial score (nSPS) is 15.9. The minimum absolute atomic E-state index is 0.267.